The molecule has 0 amide bonds. The Morgan fingerprint density at radius 1 is 1.50 bits per heavy atom. The Kier molecular flexibility index (Phi) is 3.70. The highest BCUT2D eigenvalue weighted by Crippen LogP contribution is 2.31. The summed E-state index contributed by atoms with van der Waals surface area (Å²) in [6, 6.07) is 4.01. The van der Waals surface area contributed by atoms with E-state index in [2.05, 4.69) is 4.72 Å². The lowest BCUT2D eigenvalue weighted by Crippen LogP contribution is -2.39. The Balaban J connectivity index is 2.14. The molecule has 4 nitrogen and oxygen atoms in total. The first kappa shape index (κ1) is 13.5. The van der Waals surface area contributed by atoms with Gasteiger partial charge in [-0.25, -0.2) is 17.5 Å². The zero-order chi connectivity index (χ0) is 13.3. The fourth-order valence-electron chi connectivity index (χ4n) is 1.93. The number of hydrogen-bond donors (Lipinski definition) is 2. The molecule has 0 aliphatic heterocycles. The third-order valence-corrected chi connectivity index (χ3v) is 4.77. The van der Waals surface area contributed by atoms with E-state index >= 15 is 0 Å². The van der Waals surface area contributed by atoms with Crippen LogP contribution in [0.2, 0.25) is 0 Å². The third-order valence-electron chi connectivity index (χ3n) is 3.17. The van der Waals surface area contributed by atoms with Gasteiger partial charge in [0, 0.05) is 12.6 Å². The number of hydrogen-bond acceptors (Lipinski definition) is 3. The van der Waals surface area contributed by atoms with Gasteiger partial charge in [0.25, 0.3) is 0 Å². The summed E-state index contributed by atoms with van der Waals surface area (Å²) < 4.78 is 40.0. The molecule has 1 aromatic carbocycles. The summed E-state index contributed by atoms with van der Waals surface area (Å²) >= 11 is 0. The van der Waals surface area contributed by atoms with E-state index in [1.54, 1.807) is 13.0 Å². The van der Waals surface area contributed by atoms with Crippen molar-refractivity contribution < 1.29 is 12.8 Å². The summed E-state index contributed by atoms with van der Waals surface area (Å²) in [5.41, 5.74) is 6.21. The van der Waals surface area contributed by atoms with Crippen LogP contribution in [0.5, 0.6) is 0 Å². The van der Waals surface area contributed by atoms with E-state index in [0.29, 0.717) is 11.5 Å². The molecule has 18 heavy (non-hydrogen) atoms. The quantitative estimate of drug-likeness (QED) is 0.844. The Labute approximate surface area is 106 Å². The minimum absolute atomic E-state index is 0.154. The first-order chi connectivity index (χ1) is 8.42. The molecule has 1 fully saturated rings. The molecule has 100 valence electrons. The van der Waals surface area contributed by atoms with Crippen molar-refractivity contribution in [2.75, 3.05) is 6.54 Å². The molecule has 1 aliphatic rings. The second-order valence-electron chi connectivity index (χ2n) is 4.74. The lowest BCUT2D eigenvalue weighted by Gasteiger charge is -2.13. The van der Waals surface area contributed by atoms with Crippen LogP contribution in [-0.2, 0) is 10.0 Å². The summed E-state index contributed by atoms with van der Waals surface area (Å²) in [6.45, 7) is 1.72. The van der Waals surface area contributed by atoms with E-state index in [-0.39, 0.29) is 17.5 Å². The van der Waals surface area contributed by atoms with Gasteiger partial charge in [-0.1, -0.05) is 12.1 Å². The number of sulfonamides is 1. The highest BCUT2D eigenvalue weighted by molar-refractivity contribution is 7.89. The molecule has 0 spiro atoms. The van der Waals surface area contributed by atoms with Crippen molar-refractivity contribution in [3.8, 4) is 0 Å². The Morgan fingerprint density at radius 3 is 2.72 bits per heavy atom. The Morgan fingerprint density at radius 2 is 2.17 bits per heavy atom. The van der Waals surface area contributed by atoms with E-state index < -0.39 is 15.8 Å². The molecule has 0 aromatic heterocycles. The lowest BCUT2D eigenvalue weighted by molar-refractivity contribution is 0.535. The van der Waals surface area contributed by atoms with Crippen LogP contribution in [0.25, 0.3) is 0 Å². The topological polar surface area (TPSA) is 72.2 Å². The van der Waals surface area contributed by atoms with Crippen LogP contribution in [0, 0.1) is 18.7 Å². The normalized spacial score (nSPS) is 17.7. The molecule has 1 unspecified atom stereocenters. The van der Waals surface area contributed by atoms with Crippen molar-refractivity contribution in [2.45, 2.75) is 30.7 Å². The maximum absolute atomic E-state index is 13.6. The summed E-state index contributed by atoms with van der Waals surface area (Å²) in [6.07, 6.45) is 2.09. The standard InChI is InChI=1S/C12H17FN2O2S/c1-8-3-2-4-10(13)12(8)18(16,17)15-7-11(14)9-5-6-9/h2-4,9,11,15H,5-7,14H2,1H3. The number of rotatable bonds is 5. The molecular formula is C12H17FN2O2S. The molecule has 1 atom stereocenters. The van der Waals surface area contributed by atoms with Crippen LogP contribution in [0.4, 0.5) is 4.39 Å². The molecule has 1 saturated carbocycles. The van der Waals surface area contributed by atoms with Crippen molar-refractivity contribution in [2.24, 2.45) is 11.7 Å². The van der Waals surface area contributed by atoms with Gasteiger partial charge >= 0.3 is 0 Å². The minimum atomic E-state index is -3.83. The zero-order valence-corrected chi connectivity index (χ0v) is 11.0. The highest BCUT2D eigenvalue weighted by atomic mass is 32.2. The predicted octanol–water partition coefficient (Wildman–Crippen LogP) is 1.15. The first-order valence-corrected chi connectivity index (χ1v) is 7.40. The predicted molar refractivity (Wildman–Crippen MR) is 67.0 cm³/mol. The maximum atomic E-state index is 13.6. The molecule has 0 radical (unpaired) electrons. The first-order valence-electron chi connectivity index (χ1n) is 5.92. The highest BCUT2D eigenvalue weighted by Gasteiger charge is 2.30. The van der Waals surface area contributed by atoms with Gasteiger partial charge in [-0.2, -0.15) is 0 Å². The lowest BCUT2D eigenvalue weighted by atomic mass is 10.2. The summed E-state index contributed by atoms with van der Waals surface area (Å²) in [4.78, 5) is -0.284. The van der Waals surface area contributed by atoms with Crippen LogP contribution >= 0.6 is 0 Å². The average Bonchev–Trinajstić information content (AvgIpc) is 3.09. The van der Waals surface area contributed by atoms with Gasteiger partial charge in [-0.15, -0.1) is 0 Å². The summed E-state index contributed by atoms with van der Waals surface area (Å²) in [5.74, 6) is -0.336. The average molecular weight is 272 g/mol. The van der Waals surface area contributed by atoms with E-state index in [0.717, 1.165) is 18.9 Å². The molecule has 1 aliphatic carbocycles. The van der Waals surface area contributed by atoms with E-state index in [1.807, 2.05) is 0 Å². The third kappa shape index (κ3) is 2.88. The van der Waals surface area contributed by atoms with E-state index in [4.69, 9.17) is 5.73 Å². The van der Waals surface area contributed by atoms with Crippen molar-refractivity contribution >= 4 is 10.0 Å². The second kappa shape index (κ2) is 4.95. The number of benzene rings is 1. The van der Waals surface area contributed by atoms with Crippen molar-refractivity contribution in [3.63, 3.8) is 0 Å². The SMILES string of the molecule is Cc1cccc(F)c1S(=O)(=O)NCC(N)C1CC1. The molecule has 0 bridgehead atoms. The molecule has 3 N–H and O–H groups in total. The monoisotopic (exact) mass is 272 g/mol. The molecule has 1 aromatic rings. The molecule has 6 heteroatoms. The van der Waals surface area contributed by atoms with Gasteiger partial charge in [-0.3, -0.25) is 0 Å². The van der Waals surface area contributed by atoms with Crippen LogP contribution < -0.4 is 10.5 Å². The van der Waals surface area contributed by atoms with Crippen LogP contribution in [0.1, 0.15) is 18.4 Å². The number of nitrogens with two attached hydrogens (primary N) is 1. The van der Waals surface area contributed by atoms with Crippen molar-refractivity contribution in [1.82, 2.24) is 4.72 Å². The van der Waals surface area contributed by atoms with Gasteiger partial charge in [0.15, 0.2) is 0 Å². The smallest absolute Gasteiger partial charge is 0.243 e. The second-order valence-corrected chi connectivity index (χ2v) is 6.44. The number of halogens is 1. The van der Waals surface area contributed by atoms with Gasteiger partial charge in [0.1, 0.15) is 10.7 Å². The van der Waals surface area contributed by atoms with Gasteiger partial charge < -0.3 is 5.73 Å². The van der Waals surface area contributed by atoms with Crippen LogP contribution in [-0.4, -0.2) is 21.0 Å². The van der Waals surface area contributed by atoms with Crippen LogP contribution in [0.3, 0.4) is 0 Å². The minimum Gasteiger partial charge on any atom is -0.326 e. The number of aryl methyl sites for hydroxylation is 1. The molecule has 0 heterocycles. The van der Waals surface area contributed by atoms with E-state index in [1.165, 1.54) is 6.07 Å². The fourth-order valence-corrected chi connectivity index (χ4v) is 3.30. The zero-order valence-electron chi connectivity index (χ0n) is 10.2. The Hall–Kier alpha value is -0.980. The maximum Gasteiger partial charge on any atom is 0.243 e. The number of nitrogens with one attached hydrogen (secondary N) is 1. The molecule has 0 saturated heterocycles. The van der Waals surface area contributed by atoms with Crippen molar-refractivity contribution in [3.05, 3.63) is 29.6 Å². The van der Waals surface area contributed by atoms with Gasteiger partial charge in [0.05, 0.1) is 0 Å². The van der Waals surface area contributed by atoms with Gasteiger partial charge in [-0.05, 0) is 37.3 Å². The van der Waals surface area contributed by atoms with Gasteiger partial charge in [0.2, 0.25) is 10.0 Å². The largest absolute Gasteiger partial charge is 0.326 e. The summed E-state index contributed by atoms with van der Waals surface area (Å²) in [5, 5.41) is 0. The Bertz CT molecular complexity index is 521. The summed E-state index contributed by atoms with van der Waals surface area (Å²) in [7, 11) is -3.83. The fraction of sp³-hybridized carbons (Fsp3) is 0.500. The molecular weight excluding hydrogens is 255 g/mol. The van der Waals surface area contributed by atoms with Crippen molar-refractivity contribution in [1.29, 1.82) is 0 Å². The molecule has 2 rings (SSSR count). The van der Waals surface area contributed by atoms with Crippen LogP contribution in [0.15, 0.2) is 23.1 Å². The van der Waals surface area contributed by atoms with E-state index in [9.17, 15) is 12.8 Å².